The monoisotopic (exact) mass is 525 g/mol. The van der Waals surface area contributed by atoms with Crippen molar-refractivity contribution >= 4 is 49.3 Å². The molecule has 0 amide bonds. The summed E-state index contributed by atoms with van der Waals surface area (Å²) in [7, 11) is 1.48. The fourth-order valence-electron chi connectivity index (χ4n) is 3.16. The zero-order valence-electron chi connectivity index (χ0n) is 14.8. The van der Waals surface area contributed by atoms with Crippen LogP contribution in [-0.4, -0.2) is 28.6 Å². The van der Waals surface area contributed by atoms with E-state index in [1.165, 1.54) is 18.9 Å². The highest BCUT2D eigenvalue weighted by Crippen LogP contribution is 2.44. The van der Waals surface area contributed by atoms with Gasteiger partial charge in [-0.15, -0.1) is 0 Å². The Hall–Kier alpha value is -2.04. The van der Waals surface area contributed by atoms with Crippen LogP contribution in [0.3, 0.4) is 0 Å². The molecular weight excluding hydrogens is 512 g/mol. The molecule has 0 radical (unpaired) electrons. The van der Waals surface area contributed by atoms with Crippen LogP contribution in [0, 0.1) is 0 Å². The van der Waals surface area contributed by atoms with Crippen molar-refractivity contribution in [1.82, 2.24) is 10.1 Å². The predicted octanol–water partition coefficient (Wildman–Crippen LogP) is 3.66. The molecule has 3 aromatic rings. The quantitative estimate of drug-likeness (QED) is 0.356. The van der Waals surface area contributed by atoms with Gasteiger partial charge in [0.2, 0.25) is 5.16 Å². The number of methoxy groups -OCH3 is 1. The number of hydrogen-bond acceptors (Lipinski definition) is 6. The fourth-order valence-corrected chi connectivity index (χ4v) is 4.47. The average molecular weight is 527 g/mol. The van der Waals surface area contributed by atoms with Crippen molar-refractivity contribution in [2.75, 3.05) is 18.7 Å². The maximum Gasteiger partial charge on any atom is 0.325 e. The minimum absolute atomic E-state index is 0.0109. The highest BCUT2D eigenvalue weighted by atomic mass is 79.9. The topological polar surface area (TPSA) is 91.1 Å². The van der Waals surface area contributed by atoms with Gasteiger partial charge in [-0.2, -0.15) is 0 Å². The standard InChI is InChI=1S/C18H14Br2N4O3S/c1-27-11-7-9(12(19)13(20)15(11)25)16-21-10-6-4-3-5-8(10)14-17(26)22-18(28-2)23-24(14)16/h3-7,16H,1-2H3,(H2,22,23,25,26)/p+1/t16-/m0/s1. The van der Waals surface area contributed by atoms with Crippen molar-refractivity contribution in [2.24, 2.45) is 0 Å². The lowest BCUT2D eigenvalue weighted by Crippen LogP contribution is -2.55. The van der Waals surface area contributed by atoms with Gasteiger partial charge in [0.05, 0.1) is 28.4 Å². The molecule has 0 fully saturated rings. The highest BCUT2D eigenvalue weighted by molar-refractivity contribution is 9.13. The number of fused-ring (bicyclic) bond motifs is 3. The van der Waals surface area contributed by atoms with E-state index in [4.69, 9.17) is 4.74 Å². The number of nitrogens with zero attached hydrogens (tertiary/aromatic N) is 2. The van der Waals surface area contributed by atoms with Crippen LogP contribution in [0.5, 0.6) is 11.5 Å². The van der Waals surface area contributed by atoms with E-state index in [9.17, 15) is 9.90 Å². The normalized spacial score (nSPS) is 14.8. The molecule has 1 aliphatic heterocycles. The maximum atomic E-state index is 12.9. The summed E-state index contributed by atoms with van der Waals surface area (Å²) >= 11 is 8.29. The van der Waals surface area contributed by atoms with Gasteiger partial charge in [-0.1, -0.05) is 23.9 Å². The van der Waals surface area contributed by atoms with Crippen LogP contribution in [0.25, 0.3) is 11.3 Å². The molecule has 0 saturated carbocycles. The minimum atomic E-state index is -0.502. The molecule has 10 heteroatoms. The van der Waals surface area contributed by atoms with Crippen LogP contribution in [0.15, 0.2) is 49.2 Å². The summed E-state index contributed by atoms with van der Waals surface area (Å²) in [6.45, 7) is 0. The minimum Gasteiger partial charge on any atom is -0.503 e. The zero-order chi connectivity index (χ0) is 20.0. The molecule has 0 spiro atoms. The SMILES string of the molecule is COc1cc([C@H]2Nc3ccccc3-c3c(=O)[nH]c(SC)n[n+]32)c(Br)c(Br)c1O. The van der Waals surface area contributed by atoms with Gasteiger partial charge < -0.3 is 15.2 Å². The Morgan fingerprint density at radius 1 is 1.29 bits per heavy atom. The summed E-state index contributed by atoms with van der Waals surface area (Å²) < 4.78 is 8.06. The third-order valence-electron chi connectivity index (χ3n) is 4.46. The van der Waals surface area contributed by atoms with Crippen LogP contribution in [0.2, 0.25) is 0 Å². The lowest BCUT2D eigenvalue weighted by Gasteiger charge is -2.23. The number of phenols is 1. The van der Waals surface area contributed by atoms with Crippen LogP contribution in [-0.2, 0) is 0 Å². The second-order valence-electron chi connectivity index (χ2n) is 5.99. The maximum absolute atomic E-state index is 12.9. The predicted molar refractivity (Wildman–Crippen MR) is 114 cm³/mol. The summed E-state index contributed by atoms with van der Waals surface area (Å²) in [5.41, 5.74) is 2.55. The lowest BCUT2D eigenvalue weighted by molar-refractivity contribution is -0.759. The van der Waals surface area contributed by atoms with E-state index in [1.54, 1.807) is 10.7 Å². The third kappa shape index (κ3) is 2.99. The Bertz CT molecular complexity index is 1150. The average Bonchev–Trinajstić information content (AvgIpc) is 2.71. The van der Waals surface area contributed by atoms with Gasteiger partial charge >= 0.3 is 11.3 Å². The first-order valence-electron chi connectivity index (χ1n) is 8.17. The smallest absolute Gasteiger partial charge is 0.325 e. The second-order valence-corrected chi connectivity index (χ2v) is 8.37. The molecule has 0 unspecified atom stereocenters. The van der Waals surface area contributed by atoms with E-state index in [0.29, 0.717) is 25.5 Å². The molecule has 7 nitrogen and oxygen atoms in total. The Morgan fingerprint density at radius 3 is 2.75 bits per heavy atom. The van der Waals surface area contributed by atoms with Crippen molar-refractivity contribution in [1.29, 1.82) is 0 Å². The number of hydrogen-bond donors (Lipinski definition) is 3. The van der Waals surface area contributed by atoms with E-state index in [0.717, 1.165) is 16.8 Å². The summed E-state index contributed by atoms with van der Waals surface area (Å²) in [4.78, 5) is 15.7. The zero-order valence-corrected chi connectivity index (χ0v) is 18.8. The van der Waals surface area contributed by atoms with Crippen LogP contribution in [0.1, 0.15) is 11.7 Å². The molecule has 1 atom stereocenters. The number of ether oxygens (including phenoxy) is 1. The molecule has 0 aliphatic carbocycles. The van der Waals surface area contributed by atoms with Gasteiger partial charge in [0.1, 0.15) is 0 Å². The van der Waals surface area contributed by atoms with E-state index in [1.807, 2.05) is 30.5 Å². The molecule has 2 heterocycles. The van der Waals surface area contributed by atoms with Crippen LogP contribution < -0.4 is 20.3 Å². The van der Waals surface area contributed by atoms with Crippen molar-refractivity contribution < 1.29 is 14.5 Å². The number of aromatic nitrogens is 3. The van der Waals surface area contributed by atoms with Crippen molar-refractivity contribution in [3.8, 4) is 22.8 Å². The van der Waals surface area contributed by atoms with Gasteiger partial charge in [0.25, 0.3) is 6.17 Å². The molecule has 0 saturated heterocycles. The second kappa shape index (κ2) is 7.41. The Kier molecular flexibility index (Phi) is 5.11. The van der Waals surface area contributed by atoms with Crippen molar-refractivity contribution in [2.45, 2.75) is 11.3 Å². The highest BCUT2D eigenvalue weighted by Gasteiger charge is 2.39. The van der Waals surface area contributed by atoms with Gasteiger partial charge in [-0.3, -0.25) is 9.78 Å². The Balaban J connectivity index is 2.03. The van der Waals surface area contributed by atoms with E-state index >= 15 is 0 Å². The molecule has 4 rings (SSSR count). The largest absolute Gasteiger partial charge is 0.503 e. The van der Waals surface area contributed by atoms with Crippen LogP contribution >= 0.6 is 43.6 Å². The summed E-state index contributed by atoms with van der Waals surface area (Å²) in [5, 5.41) is 18.8. The fraction of sp³-hybridized carbons (Fsp3) is 0.167. The first-order chi connectivity index (χ1) is 13.5. The number of H-pyrrole nitrogens is 1. The summed E-state index contributed by atoms with van der Waals surface area (Å²) in [5.74, 6) is 0.297. The molecule has 3 N–H and O–H groups in total. The molecular formula is C18H15Br2N4O3S+. The number of rotatable bonds is 3. The molecule has 0 bridgehead atoms. The van der Waals surface area contributed by atoms with Crippen molar-refractivity contribution in [3.05, 3.63) is 55.2 Å². The van der Waals surface area contributed by atoms with Gasteiger partial charge in [-0.25, -0.2) is 0 Å². The van der Waals surface area contributed by atoms with E-state index < -0.39 is 6.17 Å². The van der Waals surface area contributed by atoms with Gasteiger partial charge in [0, 0.05) is 9.57 Å². The van der Waals surface area contributed by atoms with Gasteiger partial charge in [-0.05, 0) is 61.0 Å². The molecule has 144 valence electrons. The summed E-state index contributed by atoms with van der Waals surface area (Å²) in [6.07, 6.45) is 1.35. The Labute approximate surface area is 181 Å². The molecule has 1 aromatic heterocycles. The first kappa shape index (κ1) is 19.3. The number of thioether (sulfide) groups is 1. The summed E-state index contributed by atoms with van der Waals surface area (Å²) in [6, 6.07) is 9.28. The lowest BCUT2D eigenvalue weighted by atomic mass is 10.0. The number of para-hydroxylation sites is 1. The van der Waals surface area contributed by atoms with E-state index in [-0.39, 0.29) is 11.3 Å². The molecule has 28 heavy (non-hydrogen) atoms. The number of benzene rings is 2. The van der Waals surface area contributed by atoms with Crippen molar-refractivity contribution in [3.63, 3.8) is 0 Å². The number of phenolic OH excluding ortho intramolecular Hbond substituents is 1. The van der Waals surface area contributed by atoms with Gasteiger partial charge in [0.15, 0.2) is 11.5 Å². The third-order valence-corrected chi connectivity index (χ3v) is 7.19. The van der Waals surface area contributed by atoms with Crippen LogP contribution in [0.4, 0.5) is 5.69 Å². The first-order valence-corrected chi connectivity index (χ1v) is 11.0. The van der Waals surface area contributed by atoms with E-state index in [2.05, 4.69) is 47.3 Å². The molecule has 1 aliphatic rings. The number of halogens is 2. The number of anilines is 1. The number of aromatic amines is 1. The Morgan fingerprint density at radius 2 is 2.04 bits per heavy atom. The molecule has 2 aromatic carbocycles. The number of nitrogens with one attached hydrogen (secondary N) is 2. The number of aromatic hydroxyl groups is 1.